The van der Waals surface area contributed by atoms with Crippen LogP contribution in [0.2, 0.25) is 0 Å². The van der Waals surface area contributed by atoms with E-state index in [4.69, 9.17) is 9.15 Å². The molecule has 0 spiro atoms. The molecular formula is C20H30O4. The minimum atomic E-state index is -0.994. The second kappa shape index (κ2) is 6.66. The third kappa shape index (κ3) is 3.19. The topological polar surface area (TPSA) is 62.8 Å². The van der Waals surface area contributed by atoms with Gasteiger partial charge in [0.15, 0.2) is 0 Å². The van der Waals surface area contributed by atoms with E-state index in [0.717, 1.165) is 42.6 Å². The maximum atomic E-state index is 10.9. The first kappa shape index (κ1) is 17.7. The molecule has 1 aromatic rings. The first-order chi connectivity index (χ1) is 11.3. The van der Waals surface area contributed by atoms with Gasteiger partial charge >= 0.3 is 0 Å². The molecule has 4 nitrogen and oxygen atoms in total. The smallest absolute Gasteiger partial charge is 0.113 e. The largest absolute Gasteiger partial charge is 0.468 e. The van der Waals surface area contributed by atoms with Crippen LogP contribution < -0.4 is 0 Å². The summed E-state index contributed by atoms with van der Waals surface area (Å²) in [5.41, 5.74) is 2.12. The highest BCUT2D eigenvalue weighted by molar-refractivity contribution is 5.33. The Bertz CT molecular complexity index is 617. The van der Waals surface area contributed by atoms with E-state index in [2.05, 4.69) is 19.9 Å². The lowest BCUT2D eigenvalue weighted by Gasteiger charge is -2.34. The van der Waals surface area contributed by atoms with E-state index < -0.39 is 17.8 Å². The summed E-state index contributed by atoms with van der Waals surface area (Å²) in [6, 6.07) is 0. The van der Waals surface area contributed by atoms with Crippen molar-refractivity contribution in [3.05, 3.63) is 34.8 Å². The van der Waals surface area contributed by atoms with Crippen LogP contribution in [0.3, 0.4) is 0 Å². The summed E-state index contributed by atoms with van der Waals surface area (Å²) in [7, 11) is 0. The van der Waals surface area contributed by atoms with Crippen LogP contribution in [-0.4, -0.2) is 28.0 Å². The lowest BCUT2D eigenvalue weighted by molar-refractivity contribution is -0.151. The first-order valence-corrected chi connectivity index (χ1v) is 9.08. The second-order valence-electron chi connectivity index (χ2n) is 7.93. The SMILES string of the molecule is C/C1=C\CC[C@@H](C)C2CC[C@@](C)(O2)[C@@H](O)C(O)c2c(C)coc2C1. The average molecular weight is 334 g/mol. The van der Waals surface area contributed by atoms with Crippen molar-refractivity contribution in [3.63, 3.8) is 0 Å². The molecule has 0 aromatic carbocycles. The zero-order valence-electron chi connectivity index (χ0n) is 15.2. The monoisotopic (exact) mass is 334 g/mol. The van der Waals surface area contributed by atoms with Gasteiger partial charge in [0.2, 0.25) is 0 Å². The predicted octanol–water partition coefficient (Wildman–Crippen LogP) is 3.84. The number of hydrogen-bond acceptors (Lipinski definition) is 4. The van der Waals surface area contributed by atoms with Crippen LogP contribution in [0.4, 0.5) is 0 Å². The van der Waals surface area contributed by atoms with Gasteiger partial charge in [-0.05, 0) is 57.9 Å². The van der Waals surface area contributed by atoms with Gasteiger partial charge in [-0.3, -0.25) is 0 Å². The molecular weight excluding hydrogens is 304 g/mol. The summed E-state index contributed by atoms with van der Waals surface area (Å²) in [6.45, 7) is 8.15. The van der Waals surface area contributed by atoms with Gasteiger partial charge in [0.05, 0.1) is 18.0 Å². The van der Waals surface area contributed by atoms with Crippen molar-refractivity contribution in [3.8, 4) is 0 Å². The fourth-order valence-electron chi connectivity index (χ4n) is 4.15. The Morgan fingerprint density at radius 1 is 1.21 bits per heavy atom. The average Bonchev–Trinajstić information content (AvgIpc) is 3.10. The Morgan fingerprint density at radius 2 is 1.96 bits per heavy atom. The molecule has 3 heterocycles. The Labute approximate surface area is 144 Å². The third-order valence-electron chi connectivity index (χ3n) is 5.86. The second-order valence-corrected chi connectivity index (χ2v) is 7.93. The maximum Gasteiger partial charge on any atom is 0.113 e. The molecule has 2 bridgehead atoms. The zero-order chi connectivity index (χ0) is 17.5. The number of ether oxygens (including phenoxy) is 1. The number of aryl methyl sites for hydroxylation is 1. The molecule has 1 saturated heterocycles. The van der Waals surface area contributed by atoms with Gasteiger partial charge < -0.3 is 19.4 Å². The van der Waals surface area contributed by atoms with Crippen LogP contribution >= 0.6 is 0 Å². The maximum absolute atomic E-state index is 10.9. The molecule has 1 aromatic heterocycles. The lowest BCUT2D eigenvalue weighted by Crippen LogP contribution is -2.44. The quantitative estimate of drug-likeness (QED) is 0.708. The summed E-state index contributed by atoms with van der Waals surface area (Å²) >= 11 is 0. The van der Waals surface area contributed by atoms with E-state index in [0.29, 0.717) is 12.3 Å². The van der Waals surface area contributed by atoms with Crippen LogP contribution in [0, 0.1) is 12.8 Å². The van der Waals surface area contributed by atoms with Crippen LogP contribution in [0.5, 0.6) is 0 Å². The number of fused-ring (bicyclic) bond motifs is 3. The van der Waals surface area contributed by atoms with Gasteiger partial charge in [0, 0.05) is 12.0 Å². The van der Waals surface area contributed by atoms with Crippen molar-refractivity contribution in [2.75, 3.05) is 0 Å². The van der Waals surface area contributed by atoms with Crippen molar-refractivity contribution in [1.29, 1.82) is 0 Å². The van der Waals surface area contributed by atoms with Crippen molar-refractivity contribution >= 4 is 0 Å². The highest BCUT2D eigenvalue weighted by Crippen LogP contribution is 2.42. The molecule has 2 aliphatic heterocycles. The molecule has 2 N–H and O–H groups in total. The molecule has 2 aliphatic rings. The Hall–Kier alpha value is -1.10. The van der Waals surface area contributed by atoms with E-state index in [-0.39, 0.29) is 6.10 Å². The number of aliphatic hydroxyl groups excluding tert-OH is 2. The normalized spacial score (nSPS) is 40.0. The molecule has 2 unspecified atom stereocenters. The molecule has 24 heavy (non-hydrogen) atoms. The Balaban J connectivity index is 1.99. The van der Waals surface area contributed by atoms with Crippen LogP contribution in [0.1, 0.15) is 69.4 Å². The predicted molar refractivity (Wildman–Crippen MR) is 92.8 cm³/mol. The van der Waals surface area contributed by atoms with Crippen molar-refractivity contribution in [2.24, 2.45) is 5.92 Å². The molecule has 0 aliphatic carbocycles. The van der Waals surface area contributed by atoms with E-state index >= 15 is 0 Å². The zero-order valence-corrected chi connectivity index (χ0v) is 15.2. The van der Waals surface area contributed by atoms with Crippen LogP contribution in [-0.2, 0) is 11.2 Å². The summed E-state index contributed by atoms with van der Waals surface area (Å²) in [5.74, 6) is 1.19. The van der Waals surface area contributed by atoms with Gasteiger partial charge in [-0.15, -0.1) is 0 Å². The van der Waals surface area contributed by atoms with Crippen molar-refractivity contribution in [1.82, 2.24) is 0 Å². The molecule has 0 amide bonds. The minimum absolute atomic E-state index is 0.149. The fourth-order valence-corrected chi connectivity index (χ4v) is 4.15. The summed E-state index contributed by atoms with van der Waals surface area (Å²) in [6.07, 6.45) is 6.57. The fraction of sp³-hybridized carbons (Fsp3) is 0.700. The molecule has 3 rings (SSSR count). The molecule has 4 heteroatoms. The Morgan fingerprint density at radius 3 is 2.71 bits per heavy atom. The number of hydrogen-bond donors (Lipinski definition) is 2. The first-order valence-electron chi connectivity index (χ1n) is 9.08. The molecule has 1 fully saturated rings. The molecule has 0 saturated carbocycles. The van der Waals surface area contributed by atoms with Crippen LogP contribution in [0.25, 0.3) is 0 Å². The number of furan rings is 1. The van der Waals surface area contributed by atoms with Gasteiger partial charge in [-0.25, -0.2) is 0 Å². The summed E-state index contributed by atoms with van der Waals surface area (Å²) in [5, 5.41) is 21.8. The third-order valence-corrected chi connectivity index (χ3v) is 5.86. The van der Waals surface area contributed by atoms with Gasteiger partial charge in [-0.2, -0.15) is 0 Å². The summed E-state index contributed by atoms with van der Waals surface area (Å²) in [4.78, 5) is 0. The molecule has 5 atom stereocenters. The Kier molecular flexibility index (Phi) is 4.92. The minimum Gasteiger partial charge on any atom is -0.468 e. The van der Waals surface area contributed by atoms with Crippen LogP contribution in [0.15, 0.2) is 22.3 Å². The number of allylic oxidation sites excluding steroid dienone is 2. The highest BCUT2D eigenvalue weighted by Gasteiger charge is 2.47. The van der Waals surface area contributed by atoms with Crippen molar-refractivity contribution in [2.45, 2.75) is 83.7 Å². The van der Waals surface area contributed by atoms with E-state index in [1.165, 1.54) is 5.57 Å². The van der Waals surface area contributed by atoms with Gasteiger partial charge in [-0.1, -0.05) is 18.6 Å². The summed E-state index contributed by atoms with van der Waals surface area (Å²) < 4.78 is 11.9. The van der Waals surface area contributed by atoms with Gasteiger partial charge in [0.1, 0.15) is 18.0 Å². The van der Waals surface area contributed by atoms with E-state index in [1.807, 2.05) is 13.8 Å². The lowest BCUT2D eigenvalue weighted by atomic mass is 9.86. The molecule has 0 radical (unpaired) electrons. The molecule has 134 valence electrons. The van der Waals surface area contributed by atoms with E-state index in [9.17, 15) is 10.2 Å². The van der Waals surface area contributed by atoms with E-state index in [1.54, 1.807) is 6.26 Å². The highest BCUT2D eigenvalue weighted by atomic mass is 16.5. The van der Waals surface area contributed by atoms with Gasteiger partial charge in [0.25, 0.3) is 0 Å². The standard InChI is InChI=1S/C20H30O4/c1-12-6-5-7-13(2)15-8-9-20(4,24-15)19(22)18(21)17-14(3)11-23-16(17)10-12/h6,11,13,15,18-19,21-22H,5,7-10H2,1-4H3/b12-6+/t13-,15?,18?,19+,20-/m1/s1. The number of aliphatic hydroxyl groups is 2. The van der Waals surface area contributed by atoms with Crippen molar-refractivity contribution < 1.29 is 19.4 Å². The number of rotatable bonds is 0.